The van der Waals surface area contributed by atoms with Gasteiger partial charge in [-0.05, 0) is 49.2 Å². The number of carbonyl (C=O) groups excluding carboxylic acids is 2. The van der Waals surface area contributed by atoms with Crippen LogP contribution in [0.4, 0.5) is 5.69 Å². The third-order valence-electron chi connectivity index (χ3n) is 4.06. The molecule has 0 saturated heterocycles. The second kappa shape index (κ2) is 6.90. The van der Waals surface area contributed by atoms with Crippen LogP contribution >= 0.6 is 23.2 Å². The van der Waals surface area contributed by atoms with E-state index >= 15 is 0 Å². The average Bonchev–Trinajstić information content (AvgIpc) is 2.82. The zero-order valence-electron chi connectivity index (χ0n) is 13.8. The predicted octanol–water partition coefficient (Wildman–Crippen LogP) is 4.51. The van der Waals surface area contributed by atoms with Gasteiger partial charge < -0.3 is 5.32 Å². The fourth-order valence-corrected chi connectivity index (χ4v) is 2.99. The number of carbonyl (C=O) groups is 2. The number of likely N-dealkylation sites (N-methyl/N-ethyl adjacent to an activating group) is 1. The molecule has 0 spiro atoms. The lowest BCUT2D eigenvalue weighted by atomic mass is 10.0. The van der Waals surface area contributed by atoms with E-state index in [1.165, 1.54) is 4.90 Å². The summed E-state index contributed by atoms with van der Waals surface area (Å²) in [6.07, 6.45) is 0. The van der Waals surface area contributed by atoms with Crippen LogP contribution in [0.2, 0.25) is 10.0 Å². The van der Waals surface area contributed by atoms with E-state index in [-0.39, 0.29) is 17.5 Å². The van der Waals surface area contributed by atoms with Gasteiger partial charge in [-0.1, -0.05) is 41.4 Å². The molecule has 6 heteroatoms. The maximum absolute atomic E-state index is 12.7. The van der Waals surface area contributed by atoms with Crippen LogP contribution in [-0.4, -0.2) is 23.3 Å². The van der Waals surface area contributed by atoms with Crippen molar-refractivity contribution >= 4 is 46.3 Å². The van der Waals surface area contributed by atoms with Gasteiger partial charge in [0.2, 0.25) is 0 Å². The summed E-state index contributed by atoms with van der Waals surface area (Å²) in [5, 5.41) is 4.22. The number of imide groups is 1. The Balaban J connectivity index is 2.08. The Labute approximate surface area is 156 Å². The third kappa shape index (κ3) is 3.28. The largest absolute Gasteiger partial charge is 0.350 e. The number of nitrogens with zero attached hydrogens (tertiary/aromatic N) is 1. The van der Waals surface area contributed by atoms with Gasteiger partial charge in [0.15, 0.2) is 0 Å². The molecule has 1 aliphatic heterocycles. The first kappa shape index (κ1) is 17.5. The summed E-state index contributed by atoms with van der Waals surface area (Å²) in [5.74, 6) is -0.676. The number of benzene rings is 2. The van der Waals surface area contributed by atoms with E-state index in [2.05, 4.69) is 5.32 Å². The lowest BCUT2D eigenvalue weighted by molar-refractivity contribution is -0.136. The van der Waals surface area contributed by atoms with Gasteiger partial charge >= 0.3 is 0 Å². The highest BCUT2D eigenvalue weighted by molar-refractivity contribution is 6.37. The summed E-state index contributed by atoms with van der Waals surface area (Å²) in [7, 11) is 0. The number of halogens is 2. The van der Waals surface area contributed by atoms with E-state index in [1.54, 1.807) is 37.3 Å². The lowest BCUT2D eigenvalue weighted by Gasteiger charge is -2.12. The summed E-state index contributed by atoms with van der Waals surface area (Å²) in [6.45, 7) is 3.96. The van der Waals surface area contributed by atoms with Crippen molar-refractivity contribution in [3.05, 3.63) is 69.3 Å². The van der Waals surface area contributed by atoms with Crippen molar-refractivity contribution < 1.29 is 9.59 Å². The van der Waals surface area contributed by atoms with Gasteiger partial charge in [0.25, 0.3) is 11.8 Å². The maximum Gasteiger partial charge on any atom is 0.278 e. The van der Waals surface area contributed by atoms with Crippen molar-refractivity contribution in [3.8, 4) is 0 Å². The quantitative estimate of drug-likeness (QED) is 0.800. The normalized spacial score (nSPS) is 14.5. The molecule has 0 fully saturated rings. The van der Waals surface area contributed by atoms with Crippen molar-refractivity contribution in [2.75, 3.05) is 11.9 Å². The first-order valence-electron chi connectivity index (χ1n) is 7.82. The zero-order chi connectivity index (χ0) is 18.1. The van der Waals surface area contributed by atoms with Crippen molar-refractivity contribution in [2.45, 2.75) is 13.8 Å². The molecule has 1 aliphatic rings. The molecule has 1 heterocycles. The van der Waals surface area contributed by atoms with E-state index < -0.39 is 0 Å². The zero-order valence-corrected chi connectivity index (χ0v) is 15.3. The van der Waals surface area contributed by atoms with Gasteiger partial charge in [-0.2, -0.15) is 0 Å². The number of rotatable bonds is 4. The standard InChI is InChI=1S/C19H16Cl2N2O2/c1-3-23-18(24)16(12-5-7-13(20)8-6-12)17(19(23)25)22-14-9-4-11(2)15(21)10-14/h4-10,22H,3H2,1-2H3. The molecule has 128 valence electrons. The van der Waals surface area contributed by atoms with E-state index in [4.69, 9.17) is 23.2 Å². The molecule has 2 amide bonds. The van der Waals surface area contributed by atoms with E-state index in [9.17, 15) is 9.59 Å². The number of aryl methyl sites for hydroxylation is 1. The fraction of sp³-hybridized carbons (Fsp3) is 0.158. The average molecular weight is 375 g/mol. The molecule has 25 heavy (non-hydrogen) atoms. The summed E-state index contributed by atoms with van der Waals surface area (Å²) >= 11 is 12.1. The topological polar surface area (TPSA) is 49.4 Å². The smallest absolute Gasteiger partial charge is 0.278 e. The number of amides is 2. The first-order chi connectivity index (χ1) is 11.9. The van der Waals surface area contributed by atoms with Gasteiger partial charge in [-0.25, -0.2) is 0 Å². The highest BCUT2D eigenvalue weighted by Gasteiger charge is 2.38. The molecule has 2 aromatic carbocycles. The SMILES string of the molecule is CCN1C(=O)C(Nc2ccc(C)c(Cl)c2)=C(c2ccc(Cl)cc2)C1=O. The Morgan fingerprint density at radius 2 is 1.68 bits per heavy atom. The van der Waals surface area contributed by atoms with Crippen LogP contribution in [0.15, 0.2) is 48.2 Å². The number of hydrogen-bond acceptors (Lipinski definition) is 3. The minimum atomic E-state index is -0.353. The molecule has 2 aromatic rings. The van der Waals surface area contributed by atoms with Gasteiger partial charge in [-0.15, -0.1) is 0 Å². The Bertz CT molecular complexity index is 889. The van der Waals surface area contributed by atoms with Gasteiger partial charge in [0, 0.05) is 22.3 Å². The number of anilines is 1. The molecule has 3 rings (SSSR count). The Kier molecular flexibility index (Phi) is 4.84. The number of nitrogens with one attached hydrogen (secondary N) is 1. The molecule has 0 radical (unpaired) electrons. The minimum Gasteiger partial charge on any atom is -0.350 e. The second-order valence-electron chi connectivity index (χ2n) is 5.70. The van der Waals surface area contributed by atoms with Crippen LogP contribution in [-0.2, 0) is 9.59 Å². The van der Waals surface area contributed by atoms with Crippen molar-refractivity contribution in [1.82, 2.24) is 4.90 Å². The predicted molar refractivity (Wildman–Crippen MR) is 101 cm³/mol. The van der Waals surface area contributed by atoms with E-state index in [0.717, 1.165) is 5.56 Å². The van der Waals surface area contributed by atoms with Crippen LogP contribution in [0.25, 0.3) is 5.57 Å². The Hall–Kier alpha value is -2.30. The molecule has 0 unspecified atom stereocenters. The summed E-state index contributed by atoms with van der Waals surface area (Å²) < 4.78 is 0. The minimum absolute atomic E-state index is 0.245. The first-order valence-corrected chi connectivity index (χ1v) is 8.57. The highest BCUT2D eigenvalue weighted by atomic mass is 35.5. The second-order valence-corrected chi connectivity index (χ2v) is 6.54. The Morgan fingerprint density at radius 1 is 1.00 bits per heavy atom. The maximum atomic E-state index is 12.7. The lowest BCUT2D eigenvalue weighted by Crippen LogP contribution is -2.32. The molecule has 0 saturated carbocycles. The summed E-state index contributed by atoms with van der Waals surface area (Å²) in [4.78, 5) is 26.6. The van der Waals surface area contributed by atoms with Gasteiger partial charge in [0.05, 0.1) is 5.57 Å². The molecule has 0 aromatic heterocycles. The number of hydrogen-bond donors (Lipinski definition) is 1. The molecule has 0 aliphatic carbocycles. The van der Waals surface area contributed by atoms with E-state index in [0.29, 0.717) is 33.4 Å². The van der Waals surface area contributed by atoms with E-state index in [1.807, 2.05) is 19.1 Å². The van der Waals surface area contributed by atoms with Crippen molar-refractivity contribution in [3.63, 3.8) is 0 Å². The molecule has 1 N–H and O–H groups in total. The fourth-order valence-electron chi connectivity index (χ4n) is 2.68. The van der Waals surface area contributed by atoms with Crippen LogP contribution in [0, 0.1) is 6.92 Å². The summed E-state index contributed by atoms with van der Waals surface area (Å²) in [5.41, 5.74) is 2.80. The third-order valence-corrected chi connectivity index (χ3v) is 4.72. The van der Waals surface area contributed by atoms with Crippen LogP contribution in [0.3, 0.4) is 0 Å². The van der Waals surface area contributed by atoms with Crippen LogP contribution < -0.4 is 5.32 Å². The molecular weight excluding hydrogens is 359 g/mol. The summed E-state index contributed by atoms with van der Waals surface area (Å²) in [6, 6.07) is 12.2. The van der Waals surface area contributed by atoms with Crippen molar-refractivity contribution in [2.24, 2.45) is 0 Å². The van der Waals surface area contributed by atoms with Crippen LogP contribution in [0.1, 0.15) is 18.1 Å². The van der Waals surface area contributed by atoms with Crippen molar-refractivity contribution in [1.29, 1.82) is 0 Å². The monoisotopic (exact) mass is 374 g/mol. The van der Waals surface area contributed by atoms with Gasteiger partial charge in [0.1, 0.15) is 5.70 Å². The molecule has 4 nitrogen and oxygen atoms in total. The Morgan fingerprint density at radius 3 is 2.28 bits per heavy atom. The van der Waals surface area contributed by atoms with Crippen LogP contribution in [0.5, 0.6) is 0 Å². The molecular formula is C19H16Cl2N2O2. The molecule has 0 bridgehead atoms. The van der Waals surface area contributed by atoms with Gasteiger partial charge in [-0.3, -0.25) is 14.5 Å². The molecule has 0 atom stereocenters. The highest BCUT2D eigenvalue weighted by Crippen LogP contribution is 2.31.